The maximum atomic E-state index is 12.5. The van der Waals surface area contributed by atoms with Gasteiger partial charge in [0.25, 0.3) is 5.91 Å². The van der Waals surface area contributed by atoms with E-state index >= 15 is 0 Å². The fourth-order valence-corrected chi connectivity index (χ4v) is 3.21. The third-order valence-corrected chi connectivity index (χ3v) is 4.60. The van der Waals surface area contributed by atoms with Crippen molar-refractivity contribution < 1.29 is 9.59 Å². The number of benzene rings is 1. The van der Waals surface area contributed by atoms with E-state index in [2.05, 4.69) is 15.6 Å². The second kappa shape index (κ2) is 7.11. The smallest absolute Gasteiger partial charge is 0.321 e. The number of carbonyl (C=O) groups excluding carboxylic acids is 2. The van der Waals surface area contributed by atoms with Crippen LogP contribution in [0.15, 0.2) is 48.8 Å². The van der Waals surface area contributed by atoms with Gasteiger partial charge in [0.1, 0.15) is 11.3 Å². The molecule has 1 aliphatic rings. The summed E-state index contributed by atoms with van der Waals surface area (Å²) < 4.78 is 1.83. The molecule has 1 fully saturated rings. The number of nitrogens with zero attached hydrogens (tertiary/aromatic N) is 3. The molecule has 3 amide bonds. The van der Waals surface area contributed by atoms with E-state index in [4.69, 9.17) is 0 Å². The summed E-state index contributed by atoms with van der Waals surface area (Å²) in [5, 5.41) is 5.72. The minimum Gasteiger partial charge on any atom is -0.325 e. The number of hydrogen-bond acceptors (Lipinski definition) is 3. The molecule has 4 rings (SSSR count). The van der Waals surface area contributed by atoms with Gasteiger partial charge in [0.15, 0.2) is 0 Å². The first kappa shape index (κ1) is 17.1. The standard InChI is InChI=1S/C20H21N5O2/c1-14-7-8-18-23-17(13-25(18)12-14)19(26)21-15-5-4-6-16(11-15)22-20(27)24-9-2-3-10-24/h4-8,11-13H,2-3,9-10H2,1H3,(H,21,26)(H,22,27). The second-order valence-electron chi connectivity index (χ2n) is 6.76. The van der Waals surface area contributed by atoms with Crippen molar-refractivity contribution in [3.05, 3.63) is 60.0 Å². The Bertz CT molecular complexity index is 1000. The lowest BCUT2D eigenvalue weighted by atomic mass is 10.2. The van der Waals surface area contributed by atoms with E-state index in [1.807, 2.05) is 29.7 Å². The maximum Gasteiger partial charge on any atom is 0.321 e. The van der Waals surface area contributed by atoms with E-state index in [0.717, 1.165) is 37.1 Å². The van der Waals surface area contributed by atoms with Crippen LogP contribution in [0.1, 0.15) is 28.9 Å². The van der Waals surface area contributed by atoms with Crippen molar-refractivity contribution in [2.45, 2.75) is 19.8 Å². The Morgan fingerprint density at radius 2 is 1.74 bits per heavy atom. The van der Waals surface area contributed by atoms with Crippen molar-refractivity contribution in [1.82, 2.24) is 14.3 Å². The van der Waals surface area contributed by atoms with Crippen LogP contribution < -0.4 is 10.6 Å². The van der Waals surface area contributed by atoms with Crippen LogP contribution in [0.2, 0.25) is 0 Å². The third kappa shape index (κ3) is 3.76. The molecule has 3 aromatic rings. The summed E-state index contributed by atoms with van der Waals surface area (Å²) >= 11 is 0. The highest BCUT2D eigenvalue weighted by atomic mass is 16.2. The van der Waals surface area contributed by atoms with Crippen molar-refractivity contribution in [3.8, 4) is 0 Å². The van der Waals surface area contributed by atoms with Crippen molar-refractivity contribution in [1.29, 1.82) is 0 Å². The van der Waals surface area contributed by atoms with Crippen LogP contribution in [-0.4, -0.2) is 39.3 Å². The number of rotatable bonds is 3. The maximum absolute atomic E-state index is 12.5. The molecular formula is C20H21N5O2. The van der Waals surface area contributed by atoms with E-state index in [9.17, 15) is 9.59 Å². The van der Waals surface area contributed by atoms with Gasteiger partial charge in [-0.25, -0.2) is 9.78 Å². The summed E-state index contributed by atoms with van der Waals surface area (Å²) in [4.78, 5) is 30.9. The summed E-state index contributed by atoms with van der Waals surface area (Å²) in [5.41, 5.74) is 3.40. The van der Waals surface area contributed by atoms with Crippen LogP contribution >= 0.6 is 0 Å². The molecule has 0 unspecified atom stereocenters. The van der Waals surface area contributed by atoms with Gasteiger partial charge in [-0.3, -0.25) is 4.79 Å². The fourth-order valence-electron chi connectivity index (χ4n) is 3.21. The van der Waals surface area contributed by atoms with Gasteiger partial charge in [0.2, 0.25) is 0 Å². The molecule has 0 spiro atoms. The first-order chi connectivity index (χ1) is 13.1. The average Bonchev–Trinajstić information content (AvgIpc) is 3.31. The lowest BCUT2D eigenvalue weighted by Gasteiger charge is -2.16. The van der Waals surface area contributed by atoms with Crippen LogP contribution in [0.4, 0.5) is 16.2 Å². The highest BCUT2D eigenvalue weighted by Gasteiger charge is 2.18. The molecule has 0 atom stereocenters. The molecular weight excluding hydrogens is 342 g/mol. The SMILES string of the molecule is Cc1ccc2nc(C(=O)Nc3cccc(NC(=O)N4CCCC4)c3)cn2c1. The topological polar surface area (TPSA) is 78.7 Å². The quantitative estimate of drug-likeness (QED) is 0.747. The molecule has 2 N–H and O–H groups in total. The fraction of sp³-hybridized carbons (Fsp3) is 0.250. The molecule has 1 saturated heterocycles. The summed E-state index contributed by atoms with van der Waals surface area (Å²) in [5.74, 6) is -0.292. The van der Waals surface area contributed by atoms with Crippen LogP contribution in [0.25, 0.3) is 5.65 Å². The lowest BCUT2D eigenvalue weighted by molar-refractivity contribution is 0.102. The number of pyridine rings is 1. The Labute approximate surface area is 157 Å². The highest BCUT2D eigenvalue weighted by Crippen LogP contribution is 2.18. The zero-order valence-corrected chi connectivity index (χ0v) is 15.1. The Kier molecular flexibility index (Phi) is 4.50. The van der Waals surface area contributed by atoms with E-state index < -0.39 is 0 Å². The number of imidazole rings is 1. The lowest BCUT2D eigenvalue weighted by Crippen LogP contribution is -2.32. The van der Waals surface area contributed by atoms with Crippen molar-refractivity contribution in [2.24, 2.45) is 0 Å². The molecule has 0 radical (unpaired) electrons. The molecule has 138 valence electrons. The van der Waals surface area contributed by atoms with Gasteiger partial charge in [-0.15, -0.1) is 0 Å². The number of nitrogens with one attached hydrogen (secondary N) is 2. The largest absolute Gasteiger partial charge is 0.325 e. The van der Waals surface area contributed by atoms with Crippen LogP contribution in [-0.2, 0) is 0 Å². The average molecular weight is 363 g/mol. The Morgan fingerprint density at radius 1 is 1.00 bits per heavy atom. The molecule has 3 heterocycles. The molecule has 0 bridgehead atoms. The third-order valence-electron chi connectivity index (χ3n) is 4.60. The number of fused-ring (bicyclic) bond motifs is 1. The number of aryl methyl sites for hydroxylation is 1. The zero-order chi connectivity index (χ0) is 18.8. The number of amides is 3. The molecule has 0 aliphatic carbocycles. The monoisotopic (exact) mass is 363 g/mol. The van der Waals surface area contributed by atoms with Gasteiger partial charge in [0.05, 0.1) is 0 Å². The molecule has 2 aromatic heterocycles. The highest BCUT2D eigenvalue weighted by molar-refractivity contribution is 6.03. The van der Waals surface area contributed by atoms with Crippen LogP contribution in [0.5, 0.6) is 0 Å². The minimum absolute atomic E-state index is 0.105. The first-order valence-electron chi connectivity index (χ1n) is 9.01. The normalized spacial score (nSPS) is 13.7. The minimum atomic E-state index is -0.292. The van der Waals surface area contributed by atoms with E-state index in [-0.39, 0.29) is 11.9 Å². The van der Waals surface area contributed by atoms with Gasteiger partial charge in [-0.1, -0.05) is 12.1 Å². The number of anilines is 2. The van der Waals surface area contributed by atoms with Crippen LogP contribution in [0.3, 0.4) is 0 Å². The molecule has 1 aliphatic heterocycles. The van der Waals surface area contributed by atoms with Gasteiger partial charge in [0, 0.05) is 36.9 Å². The summed E-state index contributed by atoms with van der Waals surface area (Å²) in [7, 11) is 0. The van der Waals surface area contributed by atoms with E-state index in [1.165, 1.54) is 0 Å². The van der Waals surface area contributed by atoms with Gasteiger partial charge >= 0.3 is 6.03 Å². The van der Waals surface area contributed by atoms with E-state index in [0.29, 0.717) is 17.1 Å². The Balaban J connectivity index is 1.46. The summed E-state index contributed by atoms with van der Waals surface area (Å²) in [6, 6.07) is 10.8. The molecule has 1 aromatic carbocycles. The van der Waals surface area contributed by atoms with Crippen molar-refractivity contribution >= 4 is 29.0 Å². The van der Waals surface area contributed by atoms with Gasteiger partial charge in [-0.2, -0.15) is 0 Å². The number of likely N-dealkylation sites (tertiary alicyclic amines) is 1. The molecule has 0 saturated carbocycles. The summed E-state index contributed by atoms with van der Waals surface area (Å²) in [6.07, 6.45) is 5.72. The second-order valence-corrected chi connectivity index (χ2v) is 6.76. The number of hydrogen-bond donors (Lipinski definition) is 2. The zero-order valence-electron chi connectivity index (χ0n) is 15.1. The van der Waals surface area contributed by atoms with Crippen molar-refractivity contribution in [2.75, 3.05) is 23.7 Å². The number of carbonyl (C=O) groups is 2. The Hall–Kier alpha value is -3.35. The number of aromatic nitrogens is 2. The Morgan fingerprint density at radius 3 is 2.52 bits per heavy atom. The van der Waals surface area contributed by atoms with Crippen LogP contribution in [0, 0.1) is 6.92 Å². The van der Waals surface area contributed by atoms with Gasteiger partial charge < -0.3 is 19.9 Å². The van der Waals surface area contributed by atoms with E-state index in [1.54, 1.807) is 35.4 Å². The van der Waals surface area contributed by atoms with Gasteiger partial charge in [-0.05, 0) is 49.6 Å². The molecule has 7 nitrogen and oxygen atoms in total. The predicted molar refractivity (Wildman–Crippen MR) is 104 cm³/mol. The molecule has 7 heteroatoms. The first-order valence-corrected chi connectivity index (χ1v) is 9.01. The predicted octanol–water partition coefficient (Wildman–Crippen LogP) is 3.52. The van der Waals surface area contributed by atoms with Crippen molar-refractivity contribution in [3.63, 3.8) is 0 Å². The molecule has 27 heavy (non-hydrogen) atoms. The summed E-state index contributed by atoms with van der Waals surface area (Å²) in [6.45, 7) is 3.56. The number of urea groups is 1.